The van der Waals surface area contributed by atoms with Crippen LogP contribution in [0.1, 0.15) is 31.9 Å². The molecular weight excluding hydrogens is 286 g/mol. The molecule has 0 saturated heterocycles. The topological polar surface area (TPSA) is 89.3 Å². The van der Waals surface area contributed by atoms with Gasteiger partial charge in [-0.25, -0.2) is 0 Å². The van der Waals surface area contributed by atoms with Crippen molar-refractivity contribution in [3.8, 4) is 0 Å². The largest absolute Gasteiger partial charge is 0.398 e. The van der Waals surface area contributed by atoms with Gasteiger partial charge < -0.3 is 9.68 Å². The van der Waals surface area contributed by atoms with Gasteiger partial charge in [-0.3, -0.25) is 14.9 Å². The average molecular weight is 305 g/mol. The summed E-state index contributed by atoms with van der Waals surface area (Å²) in [5.74, 6) is -1.12. The third-order valence-electron chi connectivity index (χ3n) is 2.43. The maximum absolute atomic E-state index is 12.1. The van der Waals surface area contributed by atoms with Gasteiger partial charge in [-0.15, -0.1) is 0 Å². The Bertz CT molecular complexity index is 605. The first-order valence-electron chi connectivity index (χ1n) is 6.60. The van der Waals surface area contributed by atoms with E-state index >= 15 is 0 Å². The van der Waals surface area contributed by atoms with Crippen LogP contribution in [0.25, 0.3) is 0 Å². The van der Waals surface area contributed by atoms with Crippen LogP contribution in [0.15, 0.2) is 34.6 Å². The zero-order valence-electron chi connectivity index (χ0n) is 13.0. The van der Waals surface area contributed by atoms with Crippen LogP contribution in [0.2, 0.25) is 0 Å². The molecule has 7 heteroatoms. The number of nitrogens with one attached hydrogen (secondary N) is 1. The summed E-state index contributed by atoms with van der Waals surface area (Å²) in [7, 11) is 1.32. The van der Waals surface area contributed by atoms with Crippen molar-refractivity contribution in [3.63, 3.8) is 0 Å². The molecule has 1 aromatic carbocycles. The van der Waals surface area contributed by atoms with Crippen LogP contribution in [0, 0.1) is 0 Å². The van der Waals surface area contributed by atoms with Gasteiger partial charge in [0.15, 0.2) is 5.71 Å². The Morgan fingerprint density at radius 2 is 1.82 bits per heavy atom. The molecule has 7 nitrogen and oxygen atoms in total. The van der Waals surface area contributed by atoms with E-state index in [1.54, 1.807) is 24.3 Å². The lowest BCUT2D eigenvalue weighted by Gasteiger charge is -2.10. The summed E-state index contributed by atoms with van der Waals surface area (Å²) < 4.78 is 0. The molecule has 0 aromatic heterocycles. The van der Waals surface area contributed by atoms with Gasteiger partial charge in [0.05, 0.1) is 5.71 Å². The SMILES string of the molecule is CO/N=C(/C(=O)NC(C)=O)c1ccccc1CON=C(C)C. The van der Waals surface area contributed by atoms with Crippen LogP contribution in [0.4, 0.5) is 0 Å². The molecule has 0 aliphatic rings. The molecule has 22 heavy (non-hydrogen) atoms. The second kappa shape index (κ2) is 8.56. The standard InChI is InChI=1S/C15H19N3O4/c1-10(2)17-22-9-12-7-5-6-8-13(12)14(18-21-4)15(20)16-11(3)19/h5-8H,9H2,1-4H3,(H,16,19,20)/b18-14+. The van der Waals surface area contributed by atoms with Gasteiger partial charge in [-0.05, 0) is 13.8 Å². The number of benzene rings is 1. The van der Waals surface area contributed by atoms with Crippen LogP contribution in [0.3, 0.4) is 0 Å². The highest BCUT2D eigenvalue weighted by Gasteiger charge is 2.19. The number of rotatable bonds is 6. The Morgan fingerprint density at radius 3 is 2.41 bits per heavy atom. The van der Waals surface area contributed by atoms with Crippen molar-refractivity contribution < 1.29 is 19.3 Å². The molecular formula is C15H19N3O4. The molecule has 1 aromatic rings. The summed E-state index contributed by atoms with van der Waals surface area (Å²) in [4.78, 5) is 33.0. The van der Waals surface area contributed by atoms with Crippen molar-refractivity contribution in [1.82, 2.24) is 5.32 Å². The molecule has 0 spiro atoms. The van der Waals surface area contributed by atoms with E-state index < -0.39 is 11.8 Å². The van der Waals surface area contributed by atoms with Gasteiger partial charge in [-0.1, -0.05) is 34.6 Å². The number of imide groups is 1. The minimum atomic E-state index is -0.642. The number of carbonyl (C=O) groups is 2. The van der Waals surface area contributed by atoms with E-state index in [-0.39, 0.29) is 12.3 Å². The molecule has 1 rings (SSSR count). The summed E-state index contributed by atoms with van der Waals surface area (Å²) in [6.07, 6.45) is 0. The molecule has 118 valence electrons. The van der Waals surface area contributed by atoms with Gasteiger partial charge >= 0.3 is 0 Å². The maximum atomic E-state index is 12.1. The van der Waals surface area contributed by atoms with Gasteiger partial charge in [0.2, 0.25) is 5.91 Å². The smallest absolute Gasteiger partial charge is 0.280 e. The molecule has 0 aliphatic carbocycles. The summed E-state index contributed by atoms with van der Waals surface area (Å²) >= 11 is 0. The van der Waals surface area contributed by atoms with Crippen LogP contribution >= 0.6 is 0 Å². The first-order chi connectivity index (χ1) is 10.5. The van der Waals surface area contributed by atoms with E-state index in [0.29, 0.717) is 11.1 Å². The highest BCUT2D eigenvalue weighted by atomic mass is 16.6. The first kappa shape index (κ1) is 17.4. The van der Waals surface area contributed by atoms with Crippen LogP contribution in [-0.2, 0) is 25.9 Å². The predicted octanol–water partition coefficient (Wildman–Crippen LogP) is 1.61. The van der Waals surface area contributed by atoms with E-state index in [0.717, 1.165) is 5.71 Å². The minimum absolute atomic E-state index is 0.00546. The fourth-order valence-corrected chi connectivity index (χ4v) is 1.63. The molecule has 2 amide bonds. The molecule has 0 bridgehead atoms. The summed E-state index contributed by atoms with van der Waals surface area (Å²) in [5.41, 5.74) is 1.97. The van der Waals surface area contributed by atoms with Crippen LogP contribution < -0.4 is 5.32 Å². The summed E-state index contributed by atoms with van der Waals surface area (Å²) in [6.45, 7) is 5.03. The molecule has 0 unspecified atom stereocenters. The Kier molecular flexibility index (Phi) is 6.75. The van der Waals surface area contributed by atoms with Crippen molar-refractivity contribution >= 4 is 23.2 Å². The number of amides is 2. The van der Waals surface area contributed by atoms with Crippen molar-refractivity contribution in [2.24, 2.45) is 10.3 Å². The lowest BCUT2D eigenvalue weighted by molar-refractivity contribution is -0.125. The highest BCUT2D eigenvalue weighted by Crippen LogP contribution is 2.12. The third kappa shape index (κ3) is 5.35. The molecule has 0 heterocycles. The van der Waals surface area contributed by atoms with Crippen LogP contribution in [-0.4, -0.2) is 30.3 Å². The van der Waals surface area contributed by atoms with Crippen molar-refractivity contribution in [1.29, 1.82) is 0 Å². The Hall–Kier alpha value is -2.70. The Balaban J connectivity index is 3.10. The highest BCUT2D eigenvalue weighted by molar-refractivity contribution is 6.47. The number of nitrogens with zero attached hydrogens (tertiary/aromatic N) is 2. The van der Waals surface area contributed by atoms with E-state index in [1.807, 2.05) is 13.8 Å². The minimum Gasteiger partial charge on any atom is -0.398 e. The zero-order valence-corrected chi connectivity index (χ0v) is 13.0. The molecule has 0 atom stereocenters. The van der Waals surface area contributed by atoms with E-state index in [4.69, 9.17) is 9.68 Å². The maximum Gasteiger partial charge on any atom is 0.280 e. The lowest BCUT2D eigenvalue weighted by Crippen LogP contribution is -2.35. The Morgan fingerprint density at radius 1 is 1.14 bits per heavy atom. The summed E-state index contributed by atoms with van der Waals surface area (Å²) in [5, 5.41) is 9.73. The predicted molar refractivity (Wildman–Crippen MR) is 82.4 cm³/mol. The van der Waals surface area contributed by atoms with E-state index in [2.05, 4.69) is 15.6 Å². The lowest BCUT2D eigenvalue weighted by atomic mass is 10.0. The van der Waals surface area contributed by atoms with Gasteiger partial charge in [0, 0.05) is 18.1 Å². The fraction of sp³-hybridized carbons (Fsp3) is 0.333. The number of hydrogen-bond acceptors (Lipinski definition) is 6. The molecule has 0 saturated carbocycles. The third-order valence-corrected chi connectivity index (χ3v) is 2.43. The number of carbonyl (C=O) groups excluding carboxylic acids is 2. The molecule has 0 aliphatic heterocycles. The first-order valence-corrected chi connectivity index (χ1v) is 6.60. The number of oxime groups is 2. The molecule has 1 N–H and O–H groups in total. The summed E-state index contributed by atoms with van der Waals surface area (Å²) in [6, 6.07) is 7.03. The average Bonchev–Trinajstić information content (AvgIpc) is 2.44. The van der Waals surface area contributed by atoms with Crippen molar-refractivity contribution in [2.45, 2.75) is 27.4 Å². The monoisotopic (exact) mass is 305 g/mol. The Labute approximate surface area is 129 Å². The van der Waals surface area contributed by atoms with Crippen LogP contribution in [0.5, 0.6) is 0 Å². The second-order valence-corrected chi connectivity index (χ2v) is 4.60. The quantitative estimate of drug-likeness (QED) is 0.638. The number of hydrogen-bond donors (Lipinski definition) is 1. The second-order valence-electron chi connectivity index (χ2n) is 4.60. The fourth-order valence-electron chi connectivity index (χ4n) is 1.63. The molecule has 0 fully saturated rings. The molecule has 0 radical (unpaired) electrons. The van der Waals surface area contributed by atoms with Crippen molar-refractivity contribution in [2.75, 3.05) is 7.11 Å². The van der Waals surface area contributed by atoms with E-state index in [9.17, 15) is 9.59 Å². The van der Waals surface area contributed by atoms with Gasteiger partial charge in [0.1, 0.15) is 13.7 Å². The normalized spacial score (nSPS) is 10.6. The zero-order chi connectivity index (χ0) is 16.5. The van der Waals surface area contributed by atoms with Crippen molar-refractivity contribution in [3.05, 3.63) is 35.4 Å². The van der Waals surface area contributed by atoms with Gasteiger partial charge in [0.25, 0.3) is 5.91 Å². The van der Waals surface area contributed by atoms with E-state index in [1.165, 1.54) is 14.0 Å². The van der Waals surface area contributed by atoms with Gasteiger partial charge in [-0.2, -0.15) is 0 Å².